The van der Waals surface area contributed by atoms with Crippen LogP contribution < -0.4 is 5.32 Å². The molecule has 1 N–H and O–H groups in total. The van der Waals surface area contributed by atoms with Gasteiger partial charge in [-0.15, -0.1) is 10.2 Å². The Hall–Kier alpha value is -2.71. The maximum Gasteiger partial charge on any atom is 0.230 e. The van der Waals surface area contributed by atoms with Crippen molar-refractivity contribution >= 4 is 17.7 Å². The van der Waals surface area contributed by atoms with Crippen molar-refractivity contribution in [2.45, 2.75) is 56.5 Å². The normalized spacial score (nSPS) is 18.7. The zero-order valence-corrected chi connectivity index (χ0v) is 20.1. The van der Waals surface area contributed by atoms with Crippen LogP contribution >= 0.6 is 11.8 Å². The molecule has 178 valence electrons. The van der Waals surface area contributed by atoms with E-state index in [0.29, 0.717) is 23.4 Å². The van der Waals surface area contributed by atoms with Crippen molar-refractivity contribution in [1.82, 2.24) is 20.1 Å². The van der Waals surface area contributed by atoms with E-state index in [1.165, 1.54) is 29.5 Å². The number of nitrogens with one attached hydrogen (secondary N) is 1. The Morgan fingerprint density at radius 2 is 1.91 bits per heavy atom. The van der Waals surface area contributed by atoms with Gasteiger partial charge in [-0.05, 0) is 68.4 Å². The number of aromatic nitrogens is 3. The van der Waals surface area contributed by atoms with Crippen molar-refractivity contribution in [3.63, 3.8) is 0 Å². The first-order valence-electron chi connectivity index (χ1n) is 11.9. The summed E-state index contributed by atoms with van der Waals surface area (Å²) in [4.78, 5) is 12.9. The van der Waals surface area contributed by atoms with Gasteiger partial charge in [0.05, 0.1) is 24.4 Å². The zero-order chi connectivity index (χ0) is 23.5. The molecule has 2 aliphatic rings. The maximum atomic E-state index is 13.4. The first-order valence-corrected chi connectivity index (χ1v) is 12.8. The number of hydrogen-bond donors (Lipinski definition) is 1. The van der Waals surface area contributed by atoms with E-state index in [-0.39, 0.29) is 29.6 Å². The summed E-state index contributed by atoms with van der Waals surface area (Å²) in [6, 6.07) is 14.7. The predicted molar refractivity (Wildman–Crippen MR) is 130 cm³/mol. The molecule has 1 amide bonds. The molecule has 2 aromatic carbocycles. The third-order valence-electron chi connectivity index (χ3n) is 6.41. The fourth-order valence-corrected chi connectivity index (χ4v) is 5.15. The van der Waals surface area contributed by atoms with E-state index >= 15 is 0 Å². The lowest BCUT2D eigenvalue weighted by Gasteiger charge is -2.19. The number of carbonyl (C=O) groups excluding carboxylic acids is 1. The molecular weight excluding hydrogens is 451 g/mol. The number of amides is 1. The largest absolute Gasteiger partial charge is 0.376 e. The minimum atomic E-state index is -0.293. The summed E-state index contributed by atoms with van der Waals surface area (Å²) in [6.07, 6.45) is 4.38. The van der Waals surface area contributed by atoms with E-state index in [1.54, 1.807) is 12.1 Å². The molecule has 6 nitrogen and oxygen atoms in total. The zero-order valence-electron chi connectivity index (χ0n) is 19.2. The van der Waals surface area contributed by atoms with Crippen molar-refractivity contribution in [2.75, 3.05) is 12.4 Å². The van der Waals surface area contributed by atoms with Gasteiger partial charge in [-0.3, -0.25) is 9.36 Å². The lowest BCUT2D eigenvalue weighted by molar-refractivity contribution is -0.119. The fourth-order valence-electron chi connectivity index (χ4n) is 4.39. The number of thioether (sulfide) groups is 1. The molecule has 1 saturated heterocycles. The van der Waals surface area contributed by atoms with Crippen LogP contribution in [-0.2, 0) is 16.1 Å². The van der Waals surface area contributed by atoms with Crippen molar-refractivity contribution in [2.24, 2.45) is 5.92 Å². The average Bonchev–Trinajstić information content (AvgIpc) is 3.41. The number of hydrogen-bond acceptors (Lipinski definition) is 5. The van der Waals surface area contributed by atoms with Crippen LogP contribution in [0, 0.1) is 18.7 Å². The molecule has 2 fully saturated rings. The second kappa shape index (κ2) is 10.3. The molecule has 3 aromatic rings. The Morgan fingerprint density at radius 1 is 1.15 bits per heavy atom. The quantitative estimate of drug-likeness (QED) is 0.440. The van der Waals surface area contributed by atoms with E-state index < -0.39 is 0 Å². The number of nitrogens with zero attached hydrogens (tertiary/aromatic N) is 3. The summed E-state index contributed by atoms with van der Waals surface area (Å²) in [5.74, 6) is 1.11. The highest BCUT2D eigenvalue weighted by molar-refractivity contribution is 7.99. The second-order valence-corrected chi connectivity index (χ2v) is 10.1. The first-order chi connectivity index (χ1) is 16.6. The molecule has 2 atom stereocenters. The van der Waals surface area contributed by atoms with E-state index in [1.807, 2.05) is 4.57 Å². The van der Waals surface area contributed by atoms with Crippen LogP contribution in [0.4, 0.5) is 4.39 Å². The molecule has 2 heterocycles. The molecule has 2 unspecified atom stereocenters. The van der Waals surface area contributed by atoms with Crippen LogP contribution in [0.2, 0.25) is 0 Å². The van der Waals surface area contributed by atoms with Crippen molar-refractivity contribution in [3.8, 4) is 11.4 Å². The average molecular weight is 481 g/mol. The van der Waals surface area contributed by atoms with Crippen molar-refractivity contribution < 1.29 is 13.9 Å². The topological polar surface area (TPSA) is 69.0 Å². The Balaban J connectivity index is 1.29. The van der Waals surface area contributed by atoms with E-state index in [4.69, 9.17) is 4.74 Å². The van der Waals surface area contributed by atoms with E-state index in [9.17, 15) is 9.18 Å². The Morgan fingerprint density at radius 3 is 2.59 bits per heavy atom. The smallest absolute Gasteiger partial charge is 0.230 e. The SMILES string of the molecule is Cc1ccc(C(NC(=O)CSc2nnc(-c3ccc(F)cc3)n2CC2CCCO2)C2CC2)cc1. The minimum absolute atomic E-state index is 0.0162. The number of aryl methyl sites for hydroxylation is 1. The Bertz CT molecular complexity index is 1120. The number of ether oxygens (including phenoxy) is 1. The first kappa shape index (κ1) is 23.1. The predicted octanol–water partition coefficient (Wildman–Crippen LogP) is 4.93. The summed E-state index contributed by atoms with van der Waals surface area (Å²) in [5.41, 5.74) is 3.16. The monoisotopic (exact) mass is 480 g/mol. The summed E-state index contributed by atoms with van der Waals surface area (Å²) in [6.45, 7) is 3.43. The lowest BCUT2D eigenvalue weighted by atomic mass is 10.0. The Labute approximate surface area is 203 Å². The minimum Gasteiger partial charge on any atom is -0.376 e. The van der Waals surface area contributed by atoms with Crippen LogP contribution in [-0.4, -0.2) is 39.1 Å². The summed E-state index contributed by atoms with van der Waals surface area (Å²) >= 11 is 1.38. The highest BCUT2D eigenvalue weighted by Gasteiger charge is 2.33. The van der Waals surface area contributed by atoms with Gasteiger partial charge < -0.3 is 10.1 Å². The van der Waals surface area contributed by atoms with Gasteiger partial charge in [-0.2, -0.15) is 0 Å². The van der Waals surface area contributed by atoms with E-state index in [0.717, 1.165) is 43.4 Å². The van der Waals surface area contributed by atoms with Gasteiger partial charge in [0.1, 0.15) is 5.82 Å². The maximum absolute atomic E-state index is 13.4. The lowest BCUT2D eigenvalue weighted by Crippen LogP contribution is -2.31. The molecule has 1 aromatic heterocycles. The van der Waals surface area contributed by atoms with Gasteiger partial charge in [-0.1, -0.05) is 41.6 Å². The van der Waals surface area contributed by atoms with Gasteiger partial charge in [0.2, 0.25) is 5.91 Å². The summed E-state index contributed by atoms with van der Waals surface area (Å²) in [5, 5.41) is 12.7. The number of benzene rings is 2. The number of rotatable bonds is 9. The van der Waals surface area contributed by atoms with Gasteiger partial charge >= 0.3 is 0 Å². The highest BCUT2D eigenvalue weighted by atomic mass is 32.2. The Kier molecular flexibility index (Phi) is 6.97. The van der Waals surface area contributed by atoms with Gasteiger partial charge in [0, 0.05) is 12.2 Å². The number of carbonyl (C=O) groups is 1. The van der Waals surface area contributed by atoms with Crippen LogP contribution in [0.3, 0.4) is 0 Å². The third kappa shape index (κ3) is 5.50. The summed E-state index contributed by atoms with van der Waals surface area (Å²) < 4.78 is 21.3. The van der Waals surface area contributed by atoms with Gasteiger partial charge in [-0.25, -0.2) is 4.39 Å². The standard InChI is InChI=1S/C26H29FN4O2S/c1-17-4-6-18(7-5-17)24(19-8-9-19)28-23(32)16-34-26-30-29-25(20-10-12-21(27)13-11-20)31(26)15-22-3-2-14-33-22/h4-7,10-13,19,22,24H,2-3,8-9,14-16H2,1H3,(H,28,32). The van der Waals surface area contributed by atoms with Crippen LogP contribution in [0.25, 0.3) is 11.4 Å². The molecule has 0 radical (unpaired) electrons. The molecule has 0 bridgehead atoms. The molecule has 1 aliphatic carbocycles. The molecule has 1 saturated carbocycles. The number of halogens is 1. The summed E-state index contributed by atoms with van der Waals surface area (Å²) in [7, 11) is 0. The second-order valence-electron chi connectivity index (χ2n) is 9.14. The van der Waals surface area contributed by atoms with Gasteiger partial charge in [0.15, 0.2) is 11.0 Å². The molecular formula is C26H29FN4O2S. The van der Waals surface area contributed by atoms with Crippen LogP contribution in [0.1, 0.15) is 42.9 Å². The van der Waals surface area contributed by atoms with Crippen LogP contribution in [0.15, 0.2) is 53.7 Å². The van der Waals surface area contributed by atoms with Gasteiger partial charge in [0.25, 0.3) is 0 Å². The molecule has 1 aliphatic heterocycles. The molecule has 34 heavy (non-hydrogen) atoms. The molecule has 5 rings (SSSR count). The fraction of sp³-hybridized carbons (Fsp3) is 0.423. The van der Waals surface area contributed by atoms with Crippen LogP contribution in [0.5, 0.6) is 0 Å². The third-order valence-corrected chi connectivity index (χ3v) is 7.37. The molecule has 0 spiro atoms. The van der Waals surface area contributed by atoms with Crippen molar-refractivity contribution in [3.05, 3.63) is 65.5 Å². The molecule has 8 heteroatoms. The van der Waals surface area contributed by atoms with Crippen molar-refractivity contribution in [1.29, 1.82) is 0 Å². The highest BCUT2D eigenvalue weighted by Crippen LogP contribution is 2.41. The van der Waals surface area contributed by atoms with E-state index in [2.05, 4.69) is 46.7 Å².